The second-order valence-electron chi connectivity index (χ2n) is 5.19. The van der Waals surface area contributed by atoms with Gasteiger partial charge in [0.15, 0.2) is 5.41 Å². The zero-order valence-electron chi connectivity index (χ0n) is 11.4. The smallest absolute Gasteiger partial charge is 0.323 e. The summed E-state index contributed by atoms with van der Waals surface area (Å²) in [6.45, 7) is 9.16. The summed E-state index contributed by atoms with van der Waals surface area (Å²) in [6, 6.07) is 0. The van der Waals surface area contributed by atoms with Gasteiger partial charge in [0.05, 0.1) is 6.10 Å². The van der Waals surface area contributed by atoms with Crippen molar-refractivity contribution < 1.29 is 19.4 Å². The molecule has 0 spiro atoms. The van der Waals surface area contributed by atoms with E-state index in [0.717, 1.165) is 0 Å². The summed E-state index contributed by atoms with van der Waals surface area (Å²) in [4.78, 5) is 23.5. The summed E-state index contributed by atoms with van der Waals surface area (Å²) in [5.74, 6) is -1.54. The van der Waals surface area contributed by atoms with E-state index in [-0.39, 0.29) is 12.0 Å². The van der Waals surface area contributed by atoms with Gasteiger partial charge in [-0.3, -0.25) is 9.59 Å². The van der Waals surface area contributed by atoms with Crippen LogP contribution in [0.3, 0.4) is 0 Å². The van der Waals surface area contributed by atoms with Crippen molar-refractivity contribution in [2.45, 2.75) is 60.0 Å². The molecule has 0 aliphatic heterocycles. The van der Waals surface area contributed by atoms with Gasteiger partial charge in [-0.2, -0.15) is 0 Å². The van der Waals surface area contributed by atoms with Gasteiger partial charge in [-0.05, 0) is 32.6 Å². The van der Waals surface area contributed by atoms with Gasteiger partial charge in [0, 0.05) is 0 Å². The van der Waals surface area contributed by atoms with Crippen molar-refractivity contribution >= 4 is 11.9 Å². The molecule has 0 bridgehead atoms. The highest BCUT2D eigenvalue weighted by Gasteiger charge is 2.47. The topological polar surface area (TPSA) is 63.6 Å². The van der Waals surface area contributed by atoms with E-state index in [0.29, 0.717) is 19.3 Å². The Balaban J connectivity index is 5.15. The molecule has 1 atom stereocenters. The number of carboxylic acid groups (broad SMARTS) is 1. The largest absolute Gasteiger partial charge is 0.480 e. The molecule has 4 nitrogen and oxygen atoms in total. The average molecular weight is 244 g/mol. The Hall–Kier alpha value is -1.06. The first-order valence-electron chi connectivity index (χ1n) is 6.20. The highest BCUT2D eigenvalue weighted by Crippen LogP contribution is 2.34. The summed E-state index contributed by atoms with van der Waals surface area (Å²) in [7, 11) is 0. The number of hydrogen-bond acceptors (Lipinski definition) is 3. The maximum Gasteiger partial charge on any atom is 0.323 e. The standard InChI is InChI=1S/C13H24O4/c1-6-7-13(11(14)15,8-9(2)3)12(16)17-10(4)5/h9-10H,6-8H2,1-5H3,(H,14,15). The second-order valence-corrected chi connectivity index (χ2v) is 5.19. The van der Waals surface area contributed by atoms with Crippen LogP contribution >= 0.6 is 0 Å². The molecule has 0 amide bonds. The lowest BCUT2D eigenvalue weighted by molar-refractivity contribution is -0.173. The third kappa shape index (κ3) is 4.36. The minimum absolute atomic E-state index is 0.136. The van der Waals surface area contributed by atoms with E-state index in [1.165, 1.54) is 0 Å². The average Bonchev–Trinajstić information content (AvgIpc) is 2.14. The van der Waals surface area contributed by atoms with Crippen LogP contribution in [0.5, 0.6) is 0 Å². The van der Waals surface area contributed by atoms with Crippen LogP contribution in [0.4, 0.5) is 0 Å². The number of esters is 1. The molecule has 1 N–H and O–H groups in total. The Morgan fingerprint density at radius 1 is 1.24 bits per heavy atom. The van der Waals surface area contributed by atoms with Crippen LogP contribution in [0.25, 0.3) is 0 Å². The minimum Gasteiger partial charge on any atom is -0.480 e. The lowest BCUT2D eigenvalue weighted by Crippen LogP contribution is -2.42. The normalized spacial score (nSPS) is 14.8. The third-order valence-corrected chi connectivity index (χ3v) is 2.58. The predicted molar refractivity (Wildman–Crippen MR) is 65.7 cm³/mol. The fourth-order valence-corrected chi connectivity index (χ4v) is 2.02. The van der Waals surface area contributed by atoms with E-state index in [2.05, 4.69) is 0 Å². The minimum atomic E-state index is -1.38. The van der Waals surface area contributed by atoms with E-state index in [1.807, 2.05) is 20.8 Å². The first-order valence-corrected chi connectivity index (χ1v) is 6.20. The van der Waals surface area contributed by atoms with E-state index >= 15 is 0 Å². The molecular formula is C13H24O4. The van der Waals surface area contributed by atoms with Gasteiger partial charge in [-0.25, -0.2) is 0 Å². The number of hydrogen-bond donors (Lipinski definition) is 1. The molecule has 0 rings (SSSR count). The summed E-state index contributed by atoms with van der Waals surface area (Å²) >= 11 is 0. The van der Waals surface area contributed by atoms with Crippen LogP contribution in [0.1, 0.15) is 53.9 Å². The van der Waals surface area contributed by atoms with Gasteiger partial charge in [0.1, 0.15) is 0 Å². The number of ether oxygens (including phenoxy) is 1. The Bertz CT molecular complexity index is 271. The fraction of sp³-hybridized carbons (Fsp3) is 0.846. The second kappa shape index (κ2) is 6.62. The summed E-state index contributed by atoms with van der Waals surface area (Å²) in [5, 5.41) is 9.39. The van der Waals surface area contributed by atoms with E-state index in [1.54, 1.807) is 13.8 Å². The van der Waals surface area contributed by atoms with Crippen molar-refractivity contribution in [1.29, 1.82) is 0 Å². The molecule has 0 aliphatic carbocycles. The van der Waals surface area contributed by atoms with E-state index in [4.69, 9.17) is 4.74 Å². The van der Waals surface area contributed by atoms with Crippen LogP contribution in [0.15, 0.2) is 0 Å². The van der Waals surface area contributed by atoms with Crippen molar-refractivity contribution in [2.24, 2.45) is 11.3 Å². The monoisotopic (exact) mass is 244 g/mol. The number of carbonyl (C=O) groups is 2. The Morgan fingerprint density at radius 2 is 1.76 bits per heavy atom. The highest BCUT2D eigenvalue weighted by molar-refractivity contribution is 5.99. The zero-order valence-corrected chi connectivity index (χ0v) is 11.4. The molecular weight excluding hydrogens is 220 g/mol. The molecule has 17 heavy (non-hydrogen) atoms. The van der Waals surface area contributed by atoms with Crippen molar-refractivity contribution in [1.82, 2.24) is 0 Å². The van der Waals surface area contributed by atoms with Crippen LogP contribution in [0.2, 0.25) is 0 Å². The number of carbonyl (C=O) groups excluding carboxylic acids is 1. The molecule has 0 radical (unpaired) electrons. The van der Waals surface area contributed by atoms with Gasteiger partial charge in [0.25, 0.3) is 0 Å². The van der Waals surface area contributed by atoms with Crippen LogP contribution in [0, 0.1) is 11.3 Å². The quantitative estimate of drug-likeness (QED) is 0.552. The Kier molecular flexibility index (Phi) is 6.21. The predicted octanol–water partition coefficient (Wildman–Crippen LogP) is 2.86. The highest BCUT2D eigenvalue weighted by atomic mass is 16.5. The number of aliphatic carboxylic acids is 1. The van der Waals surface area contributed by atoms with Crippen molar-refractivity contribution in [3.05, 3.63) is 0 Å². The molecule has 1 unspecified atom stereocenters. The lowest BCUT2D eigenvalue weighted by Gasteiger charge is -2.29. The Morgan fingerprint density at radius 3 is 2.06 bits per heavy atom. The zero-order chi connectivity index (χ0) is 13.6. The van der Waals surface area contributed by atoms with Crippen molar-refractivity contribution in [3.63, 3.8) is 0 Å². The molecule has 0 aromatic rings. The SMILES string of the molecule is CCCC(CC(C)C)(C(=O)O)C(=O)OC(C)C. The third-order valence-electron chi connectivity index (χ3n) is 2.58. The molecule has 0 saturated carbocycles. The van der Waals surface area contributed by atoms with Crippen LogP contribution < -0.4 is 0 Å². The van der Waals surface area contributed by atoms with Gasteiger partial charge in [-0.15, -0.1) is 0 Å². The molecule has 0 aromatic carbocycles. The summed E-state index contributed by atoms with van der Waals surface area (Å²) < 4.78 is 5.11. The molecule has 0 fully saturated rings. The molecule has 100 valence electrons. The van der Waals surface area contributed by atoms with Crippen LogP contribution in [-0.2, 0) is 14.3 Å². The molecule has 0 aliphatic rings. The van der Waals surface area contributed by atoms with Crippen molar-refractivity contribution in [2.75, 3.05) is 0 Å². The van der Waals surface area contributed by atoms with Crippen LogP contribution in [-0.4, -0.2) is 23.1 Å². The van der Waals surface area contributed by atoms with E-state index < -0.39 is 17.4 Å². The lowest BCUT2D eigenvalue weighted by atomic mass is 9.76. The van der Waals surface area contributed by atoms with Crippen molar-refractivity contribution in [3.8, 4) is 0 Å². The first-order chi connectivity index (χ1) is 7.76. The van der Waals surface area contributed by atoms with Gasteiger partial charge < -0.3 is 9.84 Å². The maximum absolute atomic E-state index is 12.0. The first kappa shape index (κ1) is 15.9. The number of carboxylic acids is 1. The molecule has 0 heterocycles. The molecule has 0 saturated heterocycles. The summed E-state index contributed by atoms with van der Waals surface area (Å²) in [5.41, 5.74) is -1.38. The van der Waals surface area contributed by atoms with Gasteiger partial charge in [0.2, 0.25) is 0 Å². The van der Waals surface area contributed by atoms with Gasteiger partial charge in [-0.1, -0.05) is 27.2 Å². The molecule has 4 heteroatoms. The molecule has 0 aromatic heterocycles. The Labute approximate surface area is 103 Å². The number of rotatable bonds is 7. The fourth-order valence-electron chi connectivity index (χ4n) is 2.02. The van der Waals surface area contributed by atoms with Gasteiger partial charge >= 0.3 is 11.9 Å². The van der Waals surface area contributed by atoms with E-state index in [9.17, 15) is 14.7 Å². The summed E-state index contributed by atoms with van der Waals surface area (Å²) in [6.07, 6.45) is 1.00. The maximum atomic E-state index is 12.0.